The molecule has 0 unspecified atom stereocenters. The molecule has 2 heterocycles. The predicted molar refractivity (Wildman–Crippen MR) is 530 cm³/mol. The van der Waals surface area contributed by atoms with Crippen LogP contribution in [0.25, 0.3) is 50.1 Å². The number of fused-ring (bicyclic) bond motifs is 2. The molecule has 2 aromatic heterocycles. The summed E-state index contributed by atoms with van der Waals surface area (Å²) < 4.78 is 44.3. The summed E-state index contributed by atoms with van der Waals surface area (Å²) in [5.74, 6) is 2.35. The maximum Gasteiger partial charge on any atom is 0.411 e. The van der Waals surface area contributed by atoms with Crippen LogP contribution in [-0.2, 0) is 44.2 Å². The van der Waals surface area contributed by atoms with Crippen molar-refractivity contribution in [1.29, 1.82) is 0 Å². The number of pyridine rings is 2. The lowest BCUT2D eigenvalue weighted by molar-refractivity contribution is 0.0761. The molecular formula is C107H136N8O12Si2. The van der Waals surface area contributed by atoms with Gasteiger partial charge in [0.15, 0.2) is 16.6 Å². The molecule has 684 valence electrons. The molecule has 22 heteroatoms. The minimum atomic E-state index is -2.20. The standard InChI is InChI=1S/C59H74N4O6Si.C48H62N4O6Si/c1-58(2,3)63-46-25-29-48(30-26-46)68-57(65)61-52-39-43(24-31-49(52)45-20-13-10-14-21-45)17-15-16-38-66-47-27-22-42(23-28-47)36-37-60-40-54(69-70(7,8)59(4,5)6)50-32-34-53(56-51(50)33-35-55(64)62-56)67-41-44-18-11-9-12-19-44;1-48(2,3)59(4,5)58-44(40-24-26-43(53)46-41(40)25-27-45(54)52-46)32-50-29-28-33-14-19-37(20-15-33)56-30-10-9-11-34-16-23-39(35-12-7-6-8-13-35)42(31-34)51-47(55)57-38-21-17-36(49)18-22-38/h9-15,17-24,27-28,31-35,39,46,48,54,60,63H,16,25-26,29-30,36-38,40-41H2,1-8H3,(H,61,65)(H,62,64);6-8,12-16,19-20,23-27,31,36,38,44,50,53H,9-11,17-18,21-22,28-30,32,49H2,1-5H3,(H,51,55)(H,52,54)/t46-,48-,54-;36-,38-,44-/m00/s1. The highest BCUT2D eigenvalue weighted by Gasteiger charge is 2.42. The Bertz CT molecular complexity index is 5580. The molecule has 0 aliphatic heterocycles. The minimum Gasteiger partial charge on any atom is -0.506 e. The largest absolute Gasteiger partial charge is 0.506 e. The first-order chi connectivity index (χ1) is 61.7. The van der Waals surface area contributed by atoms with Gasteiger partial charge in [-0.1, -0.05) is 205 Å². The molecule has 0 bridgehead atoms. The van der Waals surface area contributed by atoms with E-state index in [4.69, 9.17) is 38.3 Å². The molecular weight excluding hydrogens is 1650 g/mol. The Labute approximate surface area is 764 Å². The second kappa shape index (κ2) is 45.6. The number of aromatic hydroxyl groups is 1. The summed E-state index contributed by atoms with van der Waals surface area (Å²) in [7, 11) is -4.37. The van der Waals surface area contributed by atoms with E-state index >= 15 is 0 Å². The first kappa shape index (κ1) is 97.1. The van der Waals surface area contributed by atoms with Crippen molar-refractivity contribution in [2.45, 2.75) is 237 Å². The molecule has 0 spiro atoms. The van der Waals surface area contributed by atoms with Gasteiger partial charge in [-0.25, -0.2) is 9.59 Å². The summed E-state index contributed by atoms with van der Waals surface area (Å²) >= 11 is 0. The van der Waals surface area contributed by atoms with E-state index in [2.05, 4.69) is 198 Å². The van der Waals surface area contributed by atoms with E-state index in [1.165, 1.54) is 17.2 Å². The van der Waals surface area contributed by atoms with Gasteiger partial charge in [0.05, 0.1) is 47.8 Å². The van der Waals surface area contributed by atoms with Gasteiger partial charge in [-0.2, -0.15) is 0 Å². The number of amides is 2. The number of rotatable bonds is 37. The average molecular weight is 1780 g/mol. The van der Waals surface area contributed by atoms with E-state index in [1.54, 1.807) is 18.2 Å². The van der Waals surface area contributed by atoms with Crippen LogP contribution in [0.1, 0.15) is 184 Å². The zero-order valence-electron chi connectivity index (χ0n) is 77.8. The van der Waals surface area contributed by atoms with E-state index in [0.717, 1.165) is 187 Å². The van der Waals surface area contributed by atoms with Crippen molar-refractivity contribution in [2.75, 3.05) is 50.0 Å². The van der Waals surface area contributed by atoms with E-state index in [-0.39, 0.29) is 62.9 Å². The van der Waals surface area contributed by atoms with Gasteiger partial charge in [-0.05, 0) is 271 Å². The van der Waals surface area contributed by atoms with Gasteiger partial charge in [0, 0.05) is 64.7 Å². The lowest BCUT2D eigenvalue weighted by Crippen LogP contribution is -2.46. The number of H-pyrrole nitrogens is 2. The second-order valence-corrected chi connectivity index (χ2v) is 48.0. The fourth-order valence-electron chi connectivity index (χ4n) is 16.0. The number of unbranched alkanes of at least 4 members (excludes halogenated alkanes) is 1. The van der Waals surface area contributed by atoms with Crippen LogP contribution < -0.4 is 57.6 Å². The first-order valence-electron chi connectivity index (χ1n) is 46.2. The Morgan fingerprint density at radius 2 is 0.961 bits per heavy atom. The fraction of sp³-hybridized carbons (Fsp3) is 0.402. The van der Waals surface area contributed by atoms with Crippen molar-refractivity contribution in [3.63, 3.8) is 0 Å². The number of carbonyl (C=O) groups is 2. The molecule has 2 aliphatic carbocycles. The summed E-state index contributed by atoms with van der Waals surface area (Å²) in [4.78, 5) is 56.8. The Morgan fingerprint density at radius 3 is 1.49 bits per heavy atom. The third-order valence-electron chi connectivity index (χ3n) is 25.2. The minimum absolute atomic E-state index is 0.00718. The molecule has 2 aliphatic rings. The molecule has 0 radical (unpaired) electrons. The topological polar surface area (TPSA) is 271 Å². The van der Waals surface area contributed by atoms with Crippen molar-refractivity contribution in [3.8, 4) is 45.3 Å². The summed E-state index contributed by atoms with van der Waals surface area (Å²) in [6, 6.07) is 74.2. The number of hydrogen-bond acceptors (Lipinski definition) is 16. The maximum atomic E-state index is 13.2. The highest BCUT2D eigenvalue weighted by molar-refractivity contribution is 6.74. The van der Waals surface area contributed by atoms with Crippen LogP contribution in [0.15, 0.2) is 240 Å². The van der Waals surface area contributed by atoms with Crippen molar-refractivity contribution >= 4 is 68.1 Å². The maximum absolute atomic E-state index is 13.2. The molecule has 13 rings (SSSR count). The zero-order valence-corrected chi connectivity index (χ0v) is 79.8. The number of phenols is 1. The molecule has 11 aromatic rings. The average Bonchev–Trinajstić information content (AvgIpc) is 0.782. The number of phenolic OH excluding ortho intramolecular Hbond substituents is 1. The molecule has 129 heavy (non-hydrogen) atoms. The number of anilines is 2. The second-order valence-electron chi connectivity index (χ2n) is 38.5. The van der Waals surface area contributed by atoms with Crippen LogP contribution in [0.4, 0.5) is 21.0 Å². The molecule has 9 aromatic carbocycles. The number of nitrogens with two attached hydrogens (primary N) is 1. The number of aromatic amines is 2. The predicted octanol–water partition coefficient (Wildman–Crippen LogP) is 23.4. The normalized spacial score (nSPS) is 16.2. The van der Waals surface area contributed by atoms with E-state index in [1.807, 2.05) is 140 Å². The zero-order chi connectivity index (χ0) is 91.7. The lowest BCUT2D eigenvalue weighted by Gasteiger charge is -2.39. The molecule has 2 amide bonds. The van der Waals surface area contributed by atoms with Crippen molar-refractivity contribution in [3.05, 3.63) is 290 Å². The van der Waals surface area contributed by atoms with Crippen LogP contribution >= 0.6 is 0 Å². The highest BCUT2D eigenvalue weighted by atomic mass is 28.4. The highest BCUT2D eigenvalue weighted by Crippen LogP contribution is 2.44. The Balaban J connectivity index is 0.000000237. The summed E-state index contributed by atoms with van der Waals surface area (Å²) in [6.07, 6.45) is 14.8. The monoisotopic (exact) mass is 1780 g/mol. The molecule has 2 atom stereocenters. The molecule has 10 N–H and O–H groups in total. The van der Waals surface area contributed by atoms with Crippen LogP contribution in [0.2, 0.25) is 36.3 Å². The summed E-state index contributed by atoms with van der Waals surface area (Å²) in [5, 5.41) is 29.3. The Morgan fingerprint density at radius 1 is 0.488 bits per heavy atom. The summed E-state index contributed by atoms with van der Waals surface area (Å²) in [5.41, 5.74) is 19.8. The fourth-order valence-corrected chi connectivity index (χ4v) is 18.6. The Hall–Kier alpha value is -10.9. The number of nitrogens with one attached hydrogen (secondary N) is 7. The van der Waals surface area contributed by atoms with E-state index in [0.29, 0.717) is 55.7 Å². The van der Waals surface area contributed by atoms with Gasteiger partial charge < -0.3 is 69.3 Å². The third-order valence-corrected chi connectivity index (χ3v) is 34.2. The number of aromatic nitrogens is 2. The number of aryl methyl sites for hydroxylation is 1. The third kappa shape index (κ3) is 29.0. The summed E-state index contributed by atoms with van der Waals surface area (Å²) in [6.45, 7) is 33.3. The van der Waals surface area contributed by atoms with Gasteiger partial charge >= 0.3 is 12.2 Å². The van der Waals surface area contributed by atoms with E-state index in [9.17, 15) is 24.3 Å². The number of carbonyl (C=O) groups excluding carboxylic acids is 2. The van der Waals surface area contributed by atoms with Crippen LogP contribution in [0.3, 0.4) is 0 Å². The number of ether oxygens (including phenoxy) is 5. The molecule has 0 saturated heterocycles. The quantitative estimate of drug-likeness (QED) is 0.0129. The van der Waals surface area contributed by atoms with Gasteiger partial charge in [0.1, 0.15) is 41.8 Å². The van der Waals surface area contributed by atoms with Crippen LogP contribution in [-0.4, -0.2) is 113 Å². The van der Waals surface area contributed by atoms with Crippen molar-refractivity contribution < 1.29 is 47.2 Å². The smallest absolute Gasteiger partial charge is 0.411 e. The van der Waals surface area contributed by atoms with Gasteiger partial charge in [-0.3, -0.25) is 20.2 Å². The number of hydrogen-bond donors (Lipinski definition) is 9. The van der Waals surface area contributed by atoms with Gasteiger partial charge in [0.25, 0.3) is 0 Å². The molecule has 2 saturated carbocycles. The SMILES string of the molecule is CC(C)(C)N[C@H]1CC[C@H](OC(=O)Nc2cc(C=CCCOc3ccc(CCNC[C@H](O[Si](C)(C)C(C)(C)C)c4ccc(OCc5ccccc5)c5[nH]c(=O)ccc45)cc3)ccc2-c2ccccc2)CC1.CC(C)(C)[Si](C)(C)O[C@@H](CNCCc1ccc(OCCCCc2ccc(-c3ccccc3)c(NC(=O)O[C@H]3CC[C@H](N)CC3)c2)cc1)c1ccc(O)c2[nH]c(=O)ccc12. The Kier molecular flexibility index (Phi) is 34.3. The van der Waals surface area contributed by atoms with E-state index < -0.39 is 28.8 Å². The lowest BCUT2D eigenvalue weighted by atomic mass is 9.91. The van der Waals surface area contributed by atoms with Gasteiger partial charge in [0.2, 0.25) is 11.1 Å². The van der Waals surface area contributed by atoms with Crippen molar-refractivity contribution in [2.24, 2.45) is 5.73 Å². The number of benzene rings is 9. The van der Waals surface area contributed by atoms with Gasteiger partial charge in [-0.15, -0.1) is 0 Å². The first-order valence-corrected chi connectivity index (χ1v) is 52.0. The van der Waals surface area contributed by atoms with Crippen LogP contribution in [0.5, 0.6) is 23.0 Å². The molecule has 20 nitrogen and oxygen atoms in total. The molecule has 2 fully saturated rings. The van der Waals surface area contributed by atoms with Crippen LogP contribution in [0, 0.1) is 0 Å². The van der Waals surface area contributed by atoms with Crippen molar-refractivity contribution in [1.82, 2.24) is 25.9 Å².